The number of amides is 1. The summed E-state index contributed by atoms with van der Waals surface area (Å²) in [4.78, 5) is 16.6. The minimum absolute atomic E-state index is 0.0760. The fourth-order valence-electron chi connectivity index (χ4n) is 2.87. The number of nitrogens with one attached hydrogen (secondary N) is 1. The van der Waals surface area contributed by atoms with E-state index in [1.54, 1.807) is 12.1 Å². The first-order chi connectivity index (χ1) is 15.7. The Balaban J connectivity index is 1.44. The Kier molecular flexibility index (Phi) is 6.31. The molecule has 170 valence electrons. The van der Waals surface area contributed by atoms with Gasteiger partial charge in [-0.3, -0.25) is 10.1 Å². The van der Waals surface area contributed by atoms with E-state index >= 15 is 0 Å². The second-order valence-corrected chi connectivity index (χ2v) is 10.5. The SMILES string of the molecule is Cc1ccc(C(=O)Nc2nnc(S(=O)(=O)N(C)Cc3nc(-c4cccc(C)c4)no3)s2)cc1. The number of hydrogen-bond acceptors (Lipinski definition) is 9. The van der Waals surface area contributed by atoms with Gasteiger partial charge in [0.1, 0.15) is 0 Å². The van der Waals surface area contributed by atoms with E-state index in [0.717, 1.165) is 32.3 Å². The minimum Gasteiger partial charge on any atom is -0.338 e. The Morgan fingerprint density at radius 2 is 1.85 bits per heavy atom. The number of sulfonamides is 1. The molecule has 0 saturated heterocycles. The highest BCUT2D eigenvalue weighted by atomic mass is 32.2. The molecular weight excluding hydrogens is 464 g/mol. The van der Waals surface area contributed by atoms with E-state index in [9.17, 15) is 13.2 Å². The van der Waals surface area contributed by atoms with Crippen molar-refractivity contribution in [2.75, 3.05) is 12.4 Å². The molecule has 0 bridgehead atoms. The first-order valence-corrected chi connectivity index (χ1v) is 12.1. The van der Waals surface area contributed by atoms with Crippen LogP contribution in [0.1, 0.15) is 27.4 Å². The quantitative estimate of drug-likeness (QED) is 0.395. The van der Waals surface area contributed by atoms with Crippen LogP contribution in [0.2, 0.25) is 0 Å². The van der Waals surface area contributed by atoms with Gasteiger partial charge in [0.05, 0.1) is 6.54 Å². The predicted molar refractivity (Wildman–Crippen MR) is 122 cm³/mol. The minimum atomic E-state index is -3.99. The third kappa shape index (κ3) is 5.13. The number of rotatable bonds is 7. The van der Waals surface area contributed by atoms with Gasteiger partial charge in [0, 0.05) is 18.2 Å². The van der Waals surface area contributed by atoms with Crippen LogP contribution in [-0.2, 0) is 16.6 Å². The molecule has 0 aliphatic carbocycles. The summed E-state index contributed by atoms with van der Waals surface area (Å²) in [5, 5.41) is 14.1. The average molecular weight is 485 g/mol. The molecule has 0 atom stereocenters. The topological polar surface area (TPSA) is 131 Å². The van der Waals surface area contributed by atoms with Crippen LogP contribution in [0.4, 0.5) is 5.13 Å². The smallest absolute Gasteiger partial charge is 0.272 e. The third-order valence-electron chi connectivity index (χ3n) is 4.67. The molecular formula is C21H20N6O4S2. The summed E-state index contributed by atoms with van der Waals surface area (Å²) in [5.41, 5.74) is 3.26. The van der Waals surface area contributed by atoms with Gasteiger partial charge in [-0.2, -0.15) is 9.29 Å². The van der Waals surface area contributed by atoms with Crippen LogP contribution in [0.3, 0.4) is 0 Å². The van der Waals surface area contributed by atoms with Gasteiger partial charge in [0.2, 0.25) is 21.2 Å². The van der Waals surface area contributed by atoms with Gasteiger partial charge in [0.15, 0.2) is 0 Å². The Morgan fingerprint density at radius 3 is 2.58 bits per heavy atom. The lowest BCUT2D eigenvalue weighted by atomic mass is 10.1. The maximum absolute atomic E-state index is 12.9. The van der Waals surface area contributed by atoms with Crippen molar-refractivity contribution in [3.63, 3.8) is 0 Å². The van der Waals surface area contributed by atoms with E-state index in [4.69, 9.17) is 4.52 Å². The van der Waals surface area contributed by atoms with E-state index in [1.807, 2.05) is 50.2 Å². The van der Waals surface area contributed by atoms with Crippen molar-refractivity contribution in [1.29, 1.82) is 0 Å². The molecule has 0 saturated carbocycles. The summed E-state index contributed by atoms with van der Waals surface area (Å²) in [6.45, 7) is 3.72. The first kappa shape index (κ1) is 22.7. The highest BCUT2D eigenvalue weighted by Gasteiger charge is 2.28. The largest absolute Gasteiger partial charge is 0.338 e. The Bertz CT molecular complexity index is 1400. The van der Waals surface area contributed by atoms with Crippen LogP contribution in [0.25, 0.3) is 11.4 Å². The van der Waals surface area contributed by atoms with Crippen molar-refractivity contribution in [2.45, 2.75) is 24.7 Å². The zero-order chi connectivity index (χ0) is 23.6. The number of nitrogens with zero attached hydrogens (tertiary/aromatic N) is 5. The van der Waals surface area contributed by atoms with Gasteiger partial charge < -0.3 is 4.52 Å². The van der Waals surface area contributed by atoms with Gasteiger partial charge in [-0.05, 0) is 32.0 Å². The fraction of sp³-hybridized carbons (Fsp3) is 0.190. The maximum atomic E-state index is 12.9. The highest BCUT2D eigenvalue weighted by Crippen LogP contribution is 2.24. The summed E-state index contributed by atoms with van der Waals surface area (Å²) >= 11 is 0.758. The molecule has 0 aliphatic rings. The number of aryl methyl sites for hydroxylation is 2. The molecule has 0 aliphatic heterocycles. The van der Waals surface area contributed by atoms with Crippen molar-refractivity contribution in [1.82, 2.24) is 24.6 Å². The van der Waals surface area contributed by atoms with E-state index < -0.39 is 15.9 Å². The van der Waals surface area contributed by atoms with Crippen LogP contribution in [0, 0.1) is 13.8 Å². The molecule has 1 N–H and O–H groups in total. The molecule has 0 unspecified atom stereocenters. The van der Waals surface area contributed by atoms with E-state index in [2.05, 4.69) is 25.7 Å². The normalized spacial score (nSPS) is 11.6. The second kappa shape index (κ2) is 9.17. The standard InChI is InChI=1S/C21H20N6O4S2/c1-13-7-9-15(10-8-13)19(28)23-20-24-25-21(32-20)33(29,30)27(3)12-17-22-18(26-31-17)16-6-4-5-14(2)11-16/h4-11H,12H2,1-3H3,(H,23,24,28). The third-order valence-corrected chi connectivity index (χ3v) is 7.66. The molecule has 0 radical (unpaired) electrons. The summed E-state index contributed by atoms with van der Waals surface area (Å²) in [5.74, 6) is 0.101. The lowest BCUT2D eigenvalue weighted by Crippen LogP contribution is -2.26. The number of anilines is 1. The van der Waals surface area contributed by atoms with Gasteiger partial charge in [-0.15, -0.1) is 10.2 Å². The second-order valence-electron chi connectivity index (χ2n) is 7.34. The molecule has 1 amide bonds. The van der Waals surface area contributed by atoms with Gasteiger partial charge >= 0.3 is 0 Å². The molecule has 2 aromatic heterocycles. The lowest BCUT2D eigenvalue weighted by molar-refractivity contribution is 0.102. The zero-order valence-electron chi connectivity index (χ0n) is 18.0. The van der Waals surface area contributed by atoms with Crippen molar-refractivity contribution in [3.05, 3.63) is 71.1 Å². The van der Waals surface area contributed by atoms with Crippen LogP contribution in [-0.4, -0.2) is 46.0 Å². The van der Waals surface area contributed by atoms with Crippen LogP contribution in [0.15, 0.2) is 57.4 Å². The Hall–Kier alpha value is -3.48. The molecule has 10 nitrogen and oxygen atoms in total. The molecule has 33 heavy (non-hydrogen) atoms. The first-order valence-electron chi connectivity index (χ1n) is 9.80. The van der Waals surface area contributed by atoms with Crippen molar-refractivity contribution < 1.29 is 17.7 Å². The monoisotopic (exact) mass is 484 g/mol. The molecule has 4 rings (SSSR count). The number of carbonyl (C=O) groups excluding carboxylic acids is 1. The summed E-state index contributed by atoms with van der Waals surface area (Å²) in [6, 6.07) is 14.5. The molecule has 12 heteroatoms. The van der Waals surface area contributed by atoms with E-state index in [1.165, 1.54) is 7.05 Å². The van der Waals surface area contributed by atoms with Crippen LogP contribution < -0.4 is 5.32 Å². The molecule has 2 aromatic carbocycles. The maximum Gasteiger partial charge on any atom is 0.272 e. The highest BCUT2D eigenvalue weighted by molar-refractivity contribution is 7.91. The van der Waals surface area contributed by atoms with Crippen LogP contribution in [0.5, 0.6) is 0 Å². The molecule has 2 heterocycles. The number of aromatic nitrogens is 4. The van der Waals surface area contributed by atoms with Gasteiger partial charge in [0.25, 0.3) is 15.9 Å². The summed E-state index contributed by atoms with van der Waals surface area (Å²) in [7, 11) is -2.61. The Labute approximate surface area is 194 Å². The zero-order valence-corrected chi connectivity index (χ0v) is 19.6. The lowest BCUT2D eigenvalue weighted by Gasteiger charge is -2.11. The predicted octanol–water partition coefficient (Wildman–Crippen LogP) is 3.28. The molecule has 0 spiro atoms. The van der Waals surface area contributed by atoms with Crippen LogP contribution >= 0.6 is 11.3 Å². The Morgan fingerprint density at radius 1 is 1.09 bits per heavy atom. The summed E-state index contributed by atoms with van der Waals surface area (Å²) < 4.78 is 31.8. The van der Waals surface area contributed by atoms with E-state index in [0.29, 0.717) is 11.4 Å². The van der Waals surface area contributed by atoms with Gasteiger partial charge in [-0.25, -0.2) is 8.42 Å². The fourth-order valence-corrected chi connectivity index (χ4v) is 5.07. The number of hydrogen-bond donors (Lipinski definition) is 1. The van der Waals surface area contributed by atoms with E-state index in [-0.39, 0.29) is 21.9 Å². The number of benzene rings is 2. The van der Waals surface area contributed by atoms with Crippen molar-refractivity contribution in [3.8, 4) is 11.4 Å². The number of carbonyl (C=O) groups is 1. The van der Waals surface area contributed by atoms with Crippen molar-refractivity contribution >= 4 is 32.4 Å². The molecule has 0 fully saturated rings. The molecule has 4 aromatic rings. The van der Waals surface area contributed by atoms with Gasteiger partial charge in [-0.1, -0.05) is 58.0 Å². The van der Waals surface area contributed by atoms with Crippen molar-refractivity contribution in [2.24, 2.45) is 0 Å². The average Bonchev–Trinajstić information content (AvgIpc) is 3.44. The summed E-state index contributed by atoms with van der Waals surface area (Å²) in [6.07, 6.45) is 0.